The van der Waals surface area contributed by atoms with Crippen LogP contribution >= 0.6 is 35.3 Å². The first kappa shape index (κ1) is 25.4. The van der Waals surface area contributed by atoms with Crippen LogP contribution in [-0.2, 0) is 11.2 Å². The molecule has 1 heterocycles. The number of aryl methyl sites for hydroxylation is 2. The zero-order valence-corrected chi connectivity index (χ0v) is 20.9. The molecule has 0 aliphatic rings. The molecular weight excluding hydrogens is 499 g/mol. The monoisotopic (exact) mass is 530 g/mol. The number of aliphatic imine (C=N–C) groups is 1. The number of benzene rings is 1. The molecule has 1 aromatic heterocycles. The van der Waals surface area contributed by atoms with Crippen LogP contribution < -0.4 is 10.6 Å². The summed E-state index contributed by atoms with van der Waals surface area (Å²) in [7, 11) is 0. The van der Waals surface area contributed by atoms with Gasteiger partial charge in [0, 0.05) is 13.1 Å². The molecule has 2 aromatic rings. The van der Waals surface area contributed by atoms with Gasteiger partial charge in [0.2, 0.25) is 0 Å². The van der Waals surface area contributed by atoms with E-state index in [9.17, 15) is 4.79 Å². The number of nitrogens with zero attached hydrogens (tertiary/aromatic N) is 2. The van der Waals surface area contributed by atoms with Crippen molar-refractivity contribution in [2.24, 2.45) is 4.99 Å². The third-order valence-electron chi connectivity index (χ3n) is 4.25. The summed E-state index contributed by atoms with van der Waals surface area (Å²) in [6, 6.07) is 8.31. The molecule has 1 atom stereocenters. The Morgan fingerprint density at radius 3 is 2.66 bits per heavy atom. The minimum absolute atomic E-state index is 0. The van der Waals surface area contributed by atoms with Gasteiger partial charge in [-0.15, -0.1) is 35.3 Å². The number of hydrogen-bond acceptors (Lipinski definition) is 5. The van der Waals surface area contributed by atoms with E-state index in [2.05, 4.69) is 51.8 Å². The van der Waals surface area contributed by atoms with Gasteiger partial charge in [-0.1, -0.05) is 24.3 Å². The van der Waals surface area contributed by atoms with Crippen LogP contribution in [0.25, 0.3) is 0 Å². The number of carbonyl (C=O) groups excluding carboxylic acids is 1. The molecule has 160 valence electrons. The van der Waals surface area contributed by atoms with Gasteiger partial charge in [-0.05, 0) is 52.2 Å². The minimum atomic E-state index is -0.310. The van der Waals surface area contributed by atoms with Gasteiger partial charge in [0.25, 0.3) is 0 Å². The lowest BCUT2D eigenvalue weighted by Gasteiger charge is -2.16. The summed E-state index contributed by atoms with van der Waals surface area (Å²) in [5.74, 6) is 0.434. The largest absolute Gasteiger partial charge is 0.462 e. The first-order valence-corrected chi connectivity index (χ1v) is 10.5. The van der Waals surface area contributed by atoms with E-state index < -0.39 is 0 Å². The van der Waals surface area contributed by atoms with Crippen LogP contribution in [0.15, 0.2) is 29.3 Å². The lowest BCUT2D eigenvalue weighted by molar-refractivity contribution is 0.0531. The van der Waals surface area contributed by atoms with E-state index in [0.717, 1.165) is 23.9 Å². The van der Waals surface area contributed by atoms with Gasteiger partial charge < -0.3 is 15.4 Å². The van der Waals surface area contributed by atoms with E-state index >= 15 is 0 Å². The lowest BCUT2D eigenvalue weighted by Crippen LogP contribution is -2.38. The van der Waals surface area contributed by atoms with Crippen molar-refractivity contribution in [1.29, 1.82) is 0 Å². The summed E-state index contributed by atoms with van der Waals surface area (Å²) in [4.78, 5) is 21.8. The molecule has 0 saturated carbocycles. The van der Waals surface area contributed by atoms with Gasteiger partial charge in [-0.25, -0.2) is 9.78 Å². The molecule has 0 aliphatic carbocycles. The van der Waals surface area contributed by atoms with Crippen LogP contribution in [0.4, 0.5) is 0 Å². The fourth-order valence-electron chi connectivity index (χ4n) is 2.75. The zero-order valence-electron chi connectivity index (χ0n) is 17.7. The molecule has 2 rings (SSSR count). The molecule has 8 heteroatoms. The number of guanidine groups is 1. The summed E-state index contributed by atoms with van der Waals surface area (Å²) in [6.07, 6.45) is 0.890. The summed E-state index contributed by atoms with van der Waals surface area (Å²) in [5.41, 5.74) is 3.30. The van der Waals surface area contributed by atoms with Gasteiger partial charge in [0.15, 0.2) is 5.96 Å². The van der Waals surface area contributed by atoms with Crippen molar-refractivity contribution >= 4 is 47.2 Å². The molecular formula is C21H31IN4O2S. The number of ether oxygens (including phenoxy) is 1. The molecule has 0 aliphatic heterocycles. The standard InChI is InChI=1S/C21H30N4O2S.HI/c1-6-22-21(23-13-12-17-11-9-8-10-14(17)3)25-16(5)19-24-15(4)18(28-19)20(26)27-7-2;/h8-11,16H,6-7,12-13H2,1-5H3,(H2,22,23,25);1H. The Hall–Kier alpha value is -1.68. The Bertz CT molecular complexity index is 823. The number of esters is 1. The van der Waals surface area contributed by atoms with Crippen LogP contribution in [0.5, 0.6) is 0 Å². The third-order valence-corrected chi connectivity index (χ3v) is 5.57. The summed E-state index contributed by atoms with van der Waals surface area (Å²) >= 11 is 1.37. The maximum absolute atomic E-state index is 12.0. The van der Waals surface area contributed by atoms with Crippen molar-refractivity contribution in [2.75, 3.05) is 19.7 Å². The minimum Gasteiger partial charge on any atom is -0.462 e. The molecule has 2 N–H and O–H groups in total. The van der Waals surface area contributed by atoms with E-state index in [0.29, 0.717) is 23.7 Å². The van der Waals surface area contributed by atoms with E-state index in [4.69, 9.17) is 4.74 Å². The fraction of sp³-hybridized carbons (Fsp3) is 0.476. The number of thiazole rings is 1. The zero-order chi connectivity index (χ0) is 20.5. The first-order valence-electron chi connectivity index (χ1n) is 9.70. The first-order chi connectivity index (χ1) is 13.5. The summed E-state index contributed by atoms with van der Waals surface area (Å²) in [5, 5.41) is 7.49. The molecule has 0 amide bonds. The van der Waals surface area contributed by atoms with Crippen molar-refractivity contribution in [2.45, 2.75) is 47.1 Å². The van der Waals surface area contributed by atoms with Crippen LogP contribution in [0.2, 0.25) is 0 Å². The molecule has 0 saturated heterocycles. The Kier molecular flexibility index (Phi) is 11.2. The summed E-state index contributed by atoms with van der Waals surface area (Å²) < 4.78 is 5.10. The van der Waals surface area contributed by atoms with E-state index in [-0.39, 0.29) is 36.0 Å². The number of halogens is 1. The van der Waals surface area contributed by atoms with Crippen molar-refractivity contribution in [3.8, 4) is 0 Å². The quantitative estimate of drug-likeness (QED) is 0.229. The molecule has 1 unspecified atom stereocenters. The van der Waals surface area contributed by atoms with Crippen LogP contribution in [0.3, 0.4) is 0 Å². The second-order valence-corrected chi connectivity index (χ2v) is 7.52. The van der Waals surface area contributed by atoms with Crippen molar-refractivity contribution in [1.82, 2.24) is 15.6 Å². The molecule has 0 bridgehead atoms. The molecule has 29 heavy (non-hydrogen) atoms. The molecule has 1 aromatic carbocycles. The molecule has 0 fully saturated rings. The van der Waals surface area contributed by atoms with Gasteiger partial charge in [-0.2, -0.15) is 0 Å². The van der Waals surface area contributed by atoms with Crippen molar-refractivity contribution in [3.63, 3.8) is 0 Å². The number of carbonyl (C=O) groups is 1. The summed E-state index contributed by atoms with van der Waals surface area (Å²) in [6.45, 7) is 11.6. The van der Waals surface area contributed by atoms with E-state index in [1.165, 1.54) is 22.5 Å². The van der Waals surface area contributed by atoms with Gasteiger partial charge in [-0.3, -0.25) is 4.99 Å². The molecule has 6 nitrogen and oxygen atoms in total. The lowest BCUT2D eigenvalue weighted by atomic mass is 10.1. The highest BCUT2D eigenvalue weighted by Gasteiger charge is 2.20. The topological polar surface area (TPSA) is 75.6 Å². The highest BCUT2D eigenvalue weighted by Crippen LogP contribution is 2.24. The molecule has 0 radical (unpaired) electrons. The van der Waals surface area contributed by atoms with Gasteiger partial charge in [0.1, 0.15) is 9.88 Å². The number of aromatic nitrogens is 1. The maximum Gasteiger partial charge on any atom is 0.350 e. The van der Waals surface area contributed by atoms with Crippen molar-refractivity contribution < 1.29 is 9.53 Å². The van der Waals surface area contributed by atoms with Crippen LogP contribution in [0.1, 0.15) is 58.3 Å². The molecule has 0 spiro atoms. The Balaban J connectivity index is 0.00000420. The SMILES string of the molecule is CCNC(=NCCc1ccccc1C)NC(C)c1nc(C)c(C(=O)OCC)s1.I. The number of rotatable bonds is 8. The number of nitrogens with one attached hydrogen (secondary N) is 2. The fourth-order valence-corrected chi connectivity index (χ4v) is 3.72. The Labute approximate surface area is 194 Å². The Morgan fingerprint density at radius 2 is 2.00 bits per heavy atom. The predicted molar refractivity (Wildman–Crippen MR) is 131 cm³/mol. The Morgan fingerprint density at radius 1 is 1.28 bits per heavy atom. The van der Waals surface area contributed by atoms with Gasteiger partial charge in [0.05, 0.1) is 18.3 Å². The van der Waals surface area contributed by atoms with Gasteiger partial charge >= 0.3 is 5.97 Å². The second-order valence-electron chi connectivity index (χ2n) is 6.49. The normalized spacial score (nSPS) is 12.1. The average Bonchev–Trinajstić information content (AvgIpc) is 3.05. The highest BCUT2D eigenvalue weighted by atomic mass is 127. The predicted octanol–water partition coefficient (Wildman–Crippen LogP) is 4.41. The third kappa shape index (κ3) is 7.58. The van der Waals surface area contributed by atoms with Crippen LogP contribution in [0, 0.1) is 13.8 Å². The van der Waals surface area contributed by atoms with E-state index in [1.54, 1.807) is 6.92 Å². The average molecular weight is 530 g/mol. The van der Waals surface area contributed by atoms with E-state index in [1.807, 2.05) is 20.8 Å². The number of hydrogen-bond donors (Lipinski definition) is 2. The van der Waals surface area contributed by atoms with Crippen LogP contribution in [-0.4, -0.2) is 36.6 Å². The highest BCUT2D eigenvalue weighted by molar-refractivity contribution is 14.0. The van der Waals surface area contributed by atoms with Crippen molar-refractivity contribution in [3.05, 3.63) is 51.0 Å². The maximum atomic E-state index is 12.0. The smallest absolute Gasteiger partial charge is 0.350 e. The second kappa shape index (κ2) is 12.8.